The van der Waals surface area contributed by atoms with Gasteiger partial charge in [0.1, 0.15) is 4.90 Å². The molecule has 1 rings (SSSR count). The molecule has 1 aromatic rings. The maximum Gasteiger partial charge on any atom is 0.295 e. The highest BCUT2D eigenvalue weighted by Crippen LogP contribution is 2.14. The third-order valence-corrected chi connectivity index (χ3v) is 2.50. The van der Waals surface area contributed by atoms with Gasteiger partial charge < -0.3 is 0 Å². The van der Waals surface area contributed by atoms with E-state index in [2.05, 4.69) is 0 Å². The molecule has 4 nitrogen and oxygen atoms in total. The zero-order valence-electron chi connectivity index (χ0n) is 6.89. The van der Waals surface area contributed by atoms with E-state index in [9.17, 15) is 13.2 Å². The Bertz CT molecular complexity index is 433. The van der Waals surface area contributed by atoms with Crippen LogP contribution in [0.15, 0.2) is 23.1 Å². The molecule has 70 valence electrons. The minimum atomic E-state index is -4.29. The van der Waals surface area contributed by atoms with Crippen molar-refractivity contribution >= 4 is 16.4 Å². The molecule has 0 bridgehead atoms. The Morgan fingerprint density at radius 3 is 2.46 bits per heavy atom. The number of rotatable bonds is 2. The van der Waals surface area contributed by atoms with Crippen molar-refractivity contribution in [2.45, 2.75) is 11.8 Å². The van der Waals surface area contributed by atoms with E-state index >= 15 is 0 Å². The monoisotopic (exact) mass is 200 g/mol. The van der Waals surface area contributed by atoms with Gasteiger partial charge in [0, 0.05) is 5.56 Å². The first-order valence-electron chi connectivity index (χ1n) is 3.48. The molecule has 0 atom stereocenters. The van der Waals surface area contributed by atoms with E-state index in [1.807, 2.05) is 0 Å². The molecule has 1 N–H and O–H groups in total. The van der Waals surface area contributed by atoms with Gasteiger partial charge in [-0.3, -0.25) is 9.35 Å². The number of aryl methyl sites for hydroxylation is 1. The Morgan fingerprint density at radius 2 is 2.00 bits per heavy atom. The average molecular weight is 200 g/mol. The van der Waals surface area contributed by atoms with Crippen molar-refractivity contribution in [2.75, 3.05) is 0 Å². The van der Waals surface area contributed by atoms with Gasteiger partial charge >= 0.3 is 0 Å². The second kappa shape index (κ2) is 3.27. The van der Waals surface area contributed by atoms with Gasteiger partial charge in [-0.15, -0.1) is 0 Å². The molecule has 0 heterocycles. The number of hydrogen-bond donors (Lipinski definition) is 1. The second-order valence-corrected chi connectivity index (χ2v) is 4.02. The van der Waals surface area contributed by atoms with Gasteiger partial charge in [0.15, 0.2) is 6.29 Å². The predicted octanol–water partition coefficient (Wildman–Crippen LogP) is 1.05. The van der Waals surface area contributed by atoms with Crippen molar-refractivity contribution in [3.63, 3.8) is 0 Å². The predicted molar refractivity (Wildman–Crippen MR) is 46.4 cm³/mol. The van der Waals surface area contributed by atoms with Crippen molar-refractivity contribution in [2.24, 2.45) is 0 Å². The smallest absolute Gasteiger partial charge is 0.295 e. The number of aldehydes is 1. The molecule has 0 aliphatic rings. The molecular formula is C8H8O4S. The minimum absolute atomic E-state index is 0.0255. The maximum atomic E-state index is 10.7. The molecule has 0 fully saturated rings. The van der Waals surface area contributed by atoms with Crippen molar-refractivity contribution in [3.8, 4) is 0 Å². The molecule has 0 unspecified atom stereocenters. The molecule has 0 aromatic heterocycles. The van der Waals surface area contributed by atoms with E-state index in [1.165, 1.54) is 18.2 Å². The summed E-state index contributed by atoms with van der Waals surface area (Å²) in [6, 6.07) is 4.11. The zero-order valence-corrected chi connectivity index (χ0v) is 7.71. The summed E-state index contributed by atoms with van der Waals surface area (Å²) in [6.07, 6.45) is 0.399. The summed E-state index contributed by atoms with van der Waals surface area (Å²) in [5.74, 6) is 0. The van der Waals surface area contributed by atoms with Crippen LogP contribution in [0.1, 0.15) is 15.9 Å². The summed E-state index contributed by atoms with van der Waals surface area (Å²) in [4.78, 5) is 10.1. The number of hydrogen-bond acceptors (Lipinski definition) is 3. The van der Waals surface area contributed by atoms with Gasteiger partial charge in [0.05, 0.1) is 0 Å². The fourth-order valence-electron chi connectivity index (χ4n) is 0.995. The van der Waals surface area contributed by atoms with E-state index in [0.717, 1.165) is 5.56 Å². The van der Waals surface area contributed by atoms with Gasteiger partial charge in [-0.1, -0.05) is 11.6 Å². The van der Waals surface area contributed by atoms with Crippen molar-refractivity contribution in [1.29, 1.82) is 0 Å². The number of benzene rings is 1. The third-order valence-electron chi connectivity index (χ3n) is 1.57. The Hall–Kier alpha value is -1.20. The summed E-state index contributed by atoms with van der Waals surface area (Å²) >= 11 is 0. The first kappa shape index (κ1) is 9.88. The molecule has 13 heavy (non-hydrogen) atoms. The van der Waals surface area contributed by atoms with Crippen molar-refractivity contribution < 1.29 is 17.8 Å². The number of carbonyl (C=O) groups is 1. The fraction of sp³-hybridized carbons (Fsp3) is 0.125. The lowest BCUT2D eigenvalue weighted by molar-refractivity contribution is 0.112. The summed E-state index contributed by atoms with van der Waals surface area (Å²) in [6.45, 7) is 1.72. The maximum absolute atomic E-state index is 10.7. The van der Waals surface area contributed by atoms with Crippen molar-refractivity contribution in [1.82, 2.24) is 0 Å². The van der Waals surface area contributed by atoms with Crippen LogP contribution in [0.4, 0.5) is 0 Å². The summed E-state index contributed by atoms with van der Waals surface area (Å²) in [5, 5.41) is 0. The zero-order chi connectivity index (χ0) is 10.1. The lowest BCUT2D eigenvalue weighted by atomic mass is 10.2. The van der Waals surface area contributed by atoms with Gasteiger partial charge in [0.2, 0.25) is 0 Å². The van der Waals surface area contributed by atoms with Crippen LogP contribution in [0.3, 0.4) is 0 Å². The molecule has 1 aromatic carbocycles. The van der Waals surface area contributed by atoms with Gasteiger partial charge in [-0.05, 0) is 19.1 Å². The number of carbonyl (C=O) groups excluding carboxylic acids is 1. The second-order valence-electron chi connectivity index (χ2n) is 2.63. The van der Waals surface area contributed by atoms with Gasteiger partial charge in [0.25, 0.3) is 10.1 Å². The van der Waals surface area contributed by atoms with Crippen LogP contribution in [-0.2, 0) is 10.1 Å². The lowest BCUT2D eigenvalue weighted by Gasteiger charge is -2.01. The van der Waals surface area contributed by atoms with Crippen LogP contribution >= 0.6 is 0 Å². The third kappa shape index (κ3) is 2.13. The van der Waals surface area contributed by atoms with Crippen LogP contribution < -0.4 is 0 Å². The normalized spacial score (nSPS) is 11.2. The topological polar surface area (TPSA) is 71.4 Å². The quantitative estimate of drug-likeness (QED) is 0.572. The van der Waals surface area contributed by atoms with Crippen molar-refractivity contribution in [3.05, 3.63) is 29.3 Å². The first-order chi connectivity index (χ1) is 5.95. The lowest BCUT2D eigenvalue weighted by Crippen LogP contribution is -2.02. The highest BCUT2D eigenvalue weighted by Gasteiger charge is 2.14. The summed E-state index contributed by atoms with van der Waals surface area (Å²) in [7, 11) is -4.29. The summed E-state index contributed by atoms with van der Waals surface area (Å²) in [5.41, 5.74) is 0.733. The van der Waals surface area contributed by atoms with E-state index < -0.39 is 10.1 Å². The average Bonchev–Trinajstić information content (AvgIpc) is 2.01. The van der Waals surface area contributed by atoms with Crippen LogP contribution in [0, 0.1) is 6.92 Å². The van der Waals surface area contributed by atoms with Gasteiger partial charge in [-0.2, -0.15) is 8.42 Å². The van der Waals surface area contributed by atoms with Crippen LogP contribution in [0.5, 0.6) is 0 Å². The fourth-order valence-corrected chi connectivity index (χ4v) is 1.64. The molecule has 0 saturated heterocycles. The Kier molecular flexibility index (Phi) is 2.49. The standard InChI is InChI=1S/C8H8O4S/c1-6-2-3-8(13(10,11)12)7(4-6)5-9/h2-5H,1H3,(H,10,11,12). The summed E-state index contributed by atoms with van der Waals surface area (Å²) < 4.78 is 30.1. The largest absolute Gasteiger partial charge is 0.298 e. The van der Waals surface area contributed by atoms with E-state index in [4.69, 9.17) is 4.55 Å². The highest BCUT2D eigenvalue weighted by molar-refractivity contribution is 7.86. The molecule has 0 amide bonds. The van der Waals surface area contributed by atoms with Crippen LogP contribution in [-0.4, -0.2) is 19.3 Å². The van der Waals surface area contributed by atoms with E-state index in [0.29, 0.717) is 6.29 Å². The Balaban J connectivity index is 3.47. The Labute approximate surface area is 76.0 Å². The highest BCUT2D eigenvalue weighted by atomic mass is 32.2. The first-order valence-corrected chi connectivity index (χ1v) is 4.92. The van der Waals surface area contributed by atoms with Crippen LogP contribution in [0.25, 0.3) is 0 Å². The molecule has 0 radical (unpaired) electrons. The van der Waals surface area contributed by atoms with E-state index in [-0.39, 0.29) is 10.5 Å². The molecule has 0 aliphatic heterocycles. The molecule has 0 saturated carbocycles. The minimum Gasteiger partial charge on any atom is -0.298 e. The molecular weight excluding hydrogens is 192 g/mol. The SMILES string of the molecule is Cc1ccc(S(=O)(=O)O)c(C=O)c1. The van der Waals surface area contributed by atoms with Gasteiger partial charge in [-0.25, -0.2) is 0 Å². The van der Waals surface area contributed by atoms with Crippen LogP contribution in [0.2, 0.25) is 0 Å². The molecule has 0 aliphatic carbocycles. The molecule has 0 spiro atoms. The van der Waals surface area contributed by atoms with E-state index in [1.54, 1.807) is 6.92 Å². The molecule has 5 heteroatoms. The Morgan fingerprint density at radius 1 is 1.38 bits per heavy atom.